The molecular formula is C24H26N2O5S. The molecule has 168 valence electrons. The summed E-state index contributed by atoms with van der Waals surface area (Å²) in [5.41, 5.74) is 2.08. The minimum Gasteiger partial charge on any atom is -0.482 e. The molecular weight excluding hydrogens is 428 g/mol. The number of hydrogen-bond donors (Lipinski definition) is 2. The number of benzene rings is 2. The van der Waals surface area contributed by atoms with Gasteiger partial charge in [0.2, 0.25) is 0 Å². The van der Waals surface area contributed by atoms with Gasteiger partial charge in [0.05, 0.1) is 5.04 Å². The molecule has 0 aliphatic heterocycles. The number of carbonyl (C=O) groups excluding carboxylic acids is 2. The quantitative estimate of drug-likeness (QED) is 0.294. The van der Waals surface area contributed by atoms with Crippen LogP contribution in [0.25, 0.3) is 11.0 Å². The molecule has 0 unspecified atom stereocenters. The average Bonchev–Trinajstić information content (AvgIpc) is 3.07. The number of esters is 1. The van der Waals surface area contributed by atoms with Gasteiger partial charge in [-0.3, -0.25) is 10.2 Å². The van der Waals surface area contributed by atoms with Crippen molar-refractivity contribution in [1.29, 1.82) is 5.41 Å². The van der Waals surface area contributed by atoms with Crippen molar-refractivity contribution in [2.75, 3.05) is 18.2 Å². The van der Waals surface area contributed by atoms with Crippen molar-refractivity contribution in [3.63, 3.8) is 0 Å². The molecule has 1 aromatic heterocycles. The molecule has 1 heterocycles. The van der Waals surface area contributed by atoms with Gasteiger partial charge in [-0.05, 0) is 76.4 Å². The largest absolute Gasteiger partial charge is 0.482 e. The number of fused-ring (bicyclic) bond motifs is 1. The average molecular weight is 455 g/mol. The Morgan fingerprint density at radius 1 is 1.12 bits per heavy atom. The zero-order valence-corrected chi connectivity index (χ0v) is 19.5. The predicted octanol–water partition coefficient (Wildman–Crippen LogP) is 5.40. The van der Waals surface area contributed by atoms with Crippen LogP contribution in [0.1, 0.15) is 42.5 Å². The molecule has 0 fully saturated rings. The second-order valence-corrected chi connectivity index (χ2v) is 8.97. The van der Waals surface area contributed by atoms with E-state index in [1.807, 2.05) is 25.3 Å². The van der Waals surface area contributed by atoms with Gasteiger partial charge in [-0.2, -0.15) is 0 Å². The van der Waals surface area contributed by atoms with E-state index < -0.39 is 11.6 Å². The molecule has 0 saturated carbocycles. The maximum Gasteiger partial charge on any atom is 0.344 e. The van der Waals surface area contributed by atoms with Crippen molar-refractivity contribution >= 4 is 45.3 Å². The van der Waals surface area contributed by atoms with E-state index in [-0.39, 0.29) is 18.3 Å². The lowest BCUT2D eigenvalue weighted by Crippen LogP contribution is -2.27. The fourth-order valence-corrected chi connectivity index (χ4v) is 3.39. The summed E-state index contributed by atoms with van der Waals surface area (Å²) < 4.78 is 16.4. The zero-order valence-electron chi connectivity index (χ0n) is 18.7. The summed E-state index contributed by atoms with van der Waals surface area (Å²) in [7, 11) is 0. The van der Waals surface area contributed by atoms with Crippen LogP contribution >= 0.6 is 11.8 Å². The third-order valence-electron chi connectivity index (χ3n) is 4.50. The molecule has 7 nitrogen and oxygen atoms in total. The number of rotatable bonds is 6. The highest BCUT2D eigenvalue weighted by Crippen LogP contribution is 2.28. The lowest BCUT2D eigenvalue weighted by molar-refractivity contribution is -0.157. The summed E-state index contributed by atoms with van der Waals surface area (Å²) in [6, 6.07) is 12.1. The van der Waals surface area contributed by atoms with E-state index in [2.05, 4.69) is 5.32 Å². The Hall–Kier alpha value is -3.26. The number of amides is 1. The lowest BCUT2D eigenvalue weighted by Gasteiger charge is -2.19. The van der Waals surface area contributed by atoms with Gasteiger partial charge in [0, 0.05) is 22.2 Å². The molecule has 0 spiro atoms. The van der Waals surface area contributed by atoms with Crippen LogP contribution in [-0.4, -0.2) is 35.4 Å². The minimum atomic E-state index is -0.568. The van der Waals surface area contributed by atoms with Crippen molar-refractivity contribution in [2.24, 2.45) is 0 Å². The highest BCUT2D eigenvalue weighted by atomic mass is 32.2. The van der Waals surface area contributed by atoms with E-state index in [0.29, 0.717) is 27.6 Å². The third kappa shape index (κ3) is 5.70. The van der Waals surface area contributed by atoms with Gasteiger partial charge in [-0.25, -0.2) is 4.79 Å². The van der Waals surface area contributed by atoms with E-state index in [9.17, 15) is 9.59 Å². The molecule has 0 bridgehead atoms. The normalized spacial score (nSPS) is 11.3. The number of aryl methyl sites for hydroxylation is 1. The zero-order chi connectivity index (χ0) is 23.5. The van der Waals surface area contributed by atoms with Crippen LogP contribution in [-0.2, 0) is 9.53 Å². The van der Waals surface area contributed by atoms with Gasteiger partial charge in [0.1, 0.15) is 16.9 Å². The first-order valence-corrected chi connectivity index (χ1v) is 11.2. The van der Waals surface area contributed by atoms with Gasteiger partial charge >= 0.3 is 5.97 Å². The molecule has 0 aliphatic carbocycles. The molecule has 3 aromatic rings. The van der Waals surface area contributed by atoms with Crippen LogP contribution in [0.15, 0.2) is 46.9 Å². The first kappa shape index (κ1) is 23.4. The summed E-state index contributed by atoms with van der Waals surface area (Å²) in [6.45, 7) is 7.00. The Bertz CT molecular complexity index is 1160. The predicted molar refractivity (Wildman–Crippen MR) is 127 cm³/mol. The smallest absolute Gasteiger partial charge is 0.344 e. The Labute approximate surface area is 191 Å². The van der Waals surface area contributed by atoms with Gasteiger partial charge < -0.3 is 19.2 Å². The first-order valence-electron chi connectivity index (χ1n) is 9.99. The Morgan fingerprint density at radius 3 is 2.44 bits per heavy atom. The van der Waals surface area contributed by atoms with Crippen molar-refractivity contribution in [3.05, 3.63) is 59.4 Å². The molecule has 0 aliphatic rings. The Balaban J connectivity index is 1.67. The molecule has 8 heteroatoms. The maximum absolute atomic E-state index is 12.8. The first-order chi connectivity index (χ1) is 15.1. The minimum absolute atomic E-state index is 0.197. The number of nitrogens with one attached hydrogen (secondary N) is 2. The van der Waals surface area contributed by atoms with Crippen molar-refractivity contribution in [3.8, 4) is 5.75 Å². The van der Waals surface area contributed by atoms with Crippen LogP contribution < -0.4 is 10.1 Å². The van der Waals surface area contributed by atoms with Crippen LogP contribution in [0.3, 0.4) is 0 Å². The van der Waals surface area contributed by atoms with E-state index in [0.717, 1.165) is 10.9 Å². The van der Waals surface area contributed by atoms with Crippen LogP contribution in [0.2, 0.25) is 0 Å². The number of furan rings is 1. The van der Waals surface area contributed by atoms with Crippen molar-refractivity contribution in [2.45, 2.75) is 33.3 Å². The Kier molecular flexibility index (Phi) is 6.93. The second-order valence-electron chi connectivity index (χ2n) is 8.15. The molecule has 2 aromatic carbocycles. The number of anilines is 1. The number of hydrogen-bond acceptors (Lipinski definition) is 7. The summed E-state index contributed by atoms with van der Waals surface area (Å²) in [6.07, 6.45) is 1.85. The molecule has 2 N–H and O–H groups in total. The van der Waals surface area contributed by atoms with Crippen molar-refractivity contribution in [1.82, 2.24) is 0 Å². The number of thioether (sulfide) groups is 1. The van der Waals surface area contributed by atoms with Crippen LogP contribution in [0, 0.1) is 12.3 Å². The standard InChI is InChI=1S/C24H26N2O5S/c1-14-18-12-15(22(25)32-5)6-11-19(18)30-21(14)23(28)26-16-7-9-17(10-8-16)29-13-20(27)31-24(2,3)4/h6-12,25H,13H2,1-5H3,(H,26,28). The summed E-state index contributed by atoms with van der Waals surface area (Å²) in [4.78, 5) is 24.5. The fraction of sp³-hybridized carbons (Fsp3) is 0.292. The topological polar surface area (TPSA) is 102 Å². The molecule has 1 amide bonds. The maximum atomic E-state index is 12.8. The fourth-order valence-electron chi connectivity index (χ4n) is 3.03. The highest BCUT2D eigenvalue weighted by molar-refractivity contribution is 8.13. The van der Waals surface area contributed by atoms with Gasteiger partial charge in [-0.1, -0.05) is 0 Å². The highest BCUT2D eigenvalue weighted by Gasteiger charge is 2.19. The van der Waals surface area contributed by atoms with E-state index in [1.165, 1.54) is 11.8 Å². The van der Waals surface area contributed by atoms with E-state index in [1.54, 1.807) is 51.1 Å². The van der Waals surface area contributed by atoms with Gasteiger partial charge in [0.25, 0.3) is 5.91 Å². The molecule has 0 radical (unpaired) electrons. The summed E-state index contributed by atoms with van der Waals surface area (Å²) >= 11 is 1.35. The molecule has 32 heavy (non-hydrogen) atoms. The van der Waals surface area contributed by atoms with Gasteiger partial charge in [0.15, 0.2) is 12.4 Å². The molecule has 3 rings (SSSR count). The monoisotopic (exact) mass is 454 g/mol. The number of ether oxygens (including phenoxy) is 2. The number of carbonyl (C=O) groups is 2. The second kappa shape index (κ2) is 9.48. The van der Waals surface area contributed by atoms with Crippen LogP contribution in [0.4, 0.5) is 5.69 Å². The van der Waals surface area contributed by atoms with E-state index in [4.69, 9.17) is 19.3 Å². The lowest BCUT2D eigenvalue weighted by atomic mass is 10.1. The van der Waals surface area contributed by atoms with Crippen molar-refractivity contribution < 1.29 is 23.5 Å². The third-order valence-corrected chi connectivity index (χ3v) is 5.14. The van der Waals surface area contributed by atoms with Crippen LogP contribution in [0.5, 0.6) is 5.75 Å². The summed E-state index contributed by atoms with van der Waals surface area (Å²) in [5.74, 6) is -0.121. The van der Waals surface area contributed by atoms with E-state index >= 15 is 0 Å². The molecule has 0 saturated heterocycles. The Morgan fingerprint density at radius 2 is 1.81 bits per heavy atom. The van der Waals surface area contributed by atoms with Gasteiger partial charge in [-0.15, -0.1) is 11.8 Å². The summed E-state index contributed by atoms with van der Waals surface area (Å²) in [5, 5.41) is 12.0. The molecule has 0 atom stereocenters. The SMILES string of the molecule is CSC(=N)c1ccc2oc(C(=O)Nc3ccc(OCC(=O)OC(C)(C)C)cc3)c(C)c2c1.